The fourth-order valence-electron chi connectivity index (χ4n) is 5.14. The van der Waals surface area contributed by atoms with Crippen LogP contribution in [0.2, 0.25) is 0 Å². The predicted octanol–water partition coefficient (Wildman–Crippen LogP) is 2.15. The summed E-state index contributed by atoms with van der Waals surface area (Å²) in [6.45, 7) is 5.13. The van der Waals surface area contributed by atoms with Crippen molar-refractivity contribution in [2.75, 3.05) is 37.6 Å². The molecule has 1 aromatic heterocycles. The molecule has 2 aromatic rings. The van der Waals surface area contributed by atoms with Crippen molar-refractivity contribution in [2.24, 2.45) is 11.8 Å². The van der Waals surface area contributed by atoms with Crippen molar-refractivity contribution in [2.45, 2.75) is 32.1 Å². The topological polar surface area (TPSA) is 81.3 Å². The Labute approximate surface area is 164 Å². The number of rotatable bonds is 5. The van der Waals surface area contributed by atoms with Crippen molar-refractivity contribution in [1.82, 2.24) is 20.4 Å². The number of benzene rings is 1. The first-order valence-corrected chi connectivity index (χ1v) is 10.5. The van der Waals surface area contributed by atoms with Gasteiger partial charge in [-0.15, -0.1) is 0 Å². The molecule has 2 amide bonds. The second kappa shape index (κ2) is 7.20. The molecule has 0 spiro atoms. The predicted molar refractivity (Wildman–Crippen MR) is 107 cm³/mol. The number of fused-ring (bicyclic) bond motifs is 4. The van der Waals surface area contributed by atoms with Crippen LogP contribution in [0.25, 0.3) is 10.9 Å². The summed E-state index contributed by atoms with van der Waals surface area (Å²) in [7, 11) is 0. The van der Waals surface area contributed by atoms with Gasteiger partial charge in [-0.05, 0) is 68.8 Å². The monoisotopic (exact) mass is 381 g/mol. The van der Waals surface area contributed by atoms with E-state index in [0.717, 1.165) is 41.9 Å². The quantitative estimate of drug-likeness (QED) is 0.832. The number of H-pyrrole nitrogens is 1. The minimum atomic E-state index is -0.127. The summed E-state index contributed by atoms with van der Waals surface area (Å²) in [6, 6.07) is 5.71. The number of piperidine rings is 3. The van der Waals surface area contributed by atoms with Crippen LogP contribution in [0.5, 0.6) is 0 Å². The molecule has 0 aliphatic carbocycles. The molecule has 2 bridgehead atoms. The minimum Gasteiger partial charge on any atom is -0.351 e. The van der Waals surface area contributed by atoms with Crippen LogP contribution >= 0.6 is 0 Å². The maximum atomic E-state index is 12.6. The summed E-state index contributed by atoms with van der Waals surface area (Å²) in [4.78, 5) is 29.0. The largest absolute Gasteiger partial charge is 0.351 e. The van der Waals surface area contributed by atoms with Crippen LogP contribution in [-0.4, -0.2) is 59.6 Å². The number of carbonyl (C=O) groups is 2. The lowest BCUT2D eigenvalue weighted by Crippen LogP contribution is -2.48. The number of amides is 2. The maximum absolute atomic E-state index is 12.6. The normalized spacial score (nSPS) is 26.9. The smallest absolute Gasteiger partial charge is 0.272 e. The molecule has 5 heterocycles. The Balaban J connectivity index is 1.23. The summed E-state index contributed by atoms with van der Waals surface area (Å²) in [5.74, 6) is 1.57. The van der Waals surface area contributed by atoms with Crippen molar-refractivity contribution in [3.05, 3.63) is 23.9 Å². The van der Waals surface area contributed by atoms with Gasteiger partial charge < -0.3 is 15.1 Å². The van der Waals surface area contributed by atoms with E-state index in [9.17, 15) is 9.59 Å². The number of aromatic amines is 1. The van der Waals surface area contributed by atoms with Gasteiger partial charge in [-0.2, -0.15) is 5.10 Å². The fraction of sp³-hybridized carbons (Fsp3) is 0.571. The molecule has 0 radical (unpaired) electrons. The molecule has 1 atom stereocenters. The van der Waals surface area contributed by atoms with E-state index in [0.29, 0.717) is 24.6 Å². The van der Waals surface area contributed by atoms with Gasteiger partial charge in [0.25, 0.3) is 5.91 Å². The summed E-state index contributed by atoms with van der Waals surface area (Å²) in [6.07, 6.45) is 5.16. The lowest BCUT2D eigenvalue weighted by molar-refractivity contribution is -0.117. The Kier molecular flexibility index (Phi) is 4.55. The van der Waals surface area contributed by atoms with Crippen LogP contribution in [0.3, 0.4) is 0 Å². The van der Waals surface area contributed by atoms with E-state index in [-0.39, 0.29) is 11.8 Å². The van der Waals surface area contributed by atoms with E-state index in [4.69, 9.17) is 0 Å². The van der Waals surface area contributed by atoms with Crippen molar-refractivity contribution in [3.8, 4) is 0 Å². The van der Waals surface area contributed by atoms with Crippen molar-refractivity contribution >= 4 is 28.4 Å². The van der Waals surface area contributed by atoms with E-state index >= 15 is 0 Å². The van der Waals surface area contributed by atoms with E-state index in [1.807, 2.05) is 18.2 Å². The Morgan fingerprint density at radius 1 is 1.25 bits per heavy atom. The fourth-order valence-corrected chi connectivity index (χ4v) is 5.14. The molecule has 4 aliphatic rings. The molecule has 4 saturated heterocycles. The molecule has 1 aromatic carbocycles. The standard InChI is InChI=1S/C21H27N5O2/c27-19-2-1-9-26(19)16-3-4-17-18(12-16)23-24-20(17)21(28)22-8-5-15-13-25-10-6-14(15)7-11-25/h3-4,12,14-15H,1-2,5-11,13H2,(H,22,28)(H,23,24)/t15-/m1/s1. The summed E-state index contributed by atoms with van der Waals surface area (Å²) < 4.78 is 0. The van der Waals surface area contributed by atoms with Gasteiger partial charge >= 0.3 is 0 Å². The third-order valence-electron chi connectivity index (χ3n) is 6.74. The minimum absolute atomic E-state index is 0.127. The highest BCUT2D eigenvalue weighted by Crippen LogP contribution is 2.34. The molecule has 0 unspecified atom stereocenters. The van der Waals surface area contributed by atoms with Gasteiger partial charge in [0.05, 0.1) is 5.52 Å². The highest BCUT2D eigenvalue weighted by atomic mass is 16.2. The zero-order valence-electron chi connectivity index (χ0n) is 16.1. The maximum Gasteiger partial charge on any atom is 0.272 e. The zero-order chi connectivity index (χ0) is 19.1. The number of nitrogens with one attached hydrogen (secondary N) is 2. The third kappa shape index (κ3) is 3.17. The Morgan fingerprint density at radius 3 is 2.82 bits per heavy atom. The number of nitrogens with zero attached hydrogens (tertiary/aromatic N) is 3. The van der Waals surface area contributed by atoms with Gasteiger partial charge in [-0.3, -0.25) is 14.7 Å². The lowest BCUT2D eigenvalue weighted by Gasteiger charge is -2.45. The molecular formula is C21H27N5O2. The molecule has 148 valence electrons. The van der Waals surface area contributed by atoms with Crippen LogP contribution in [0.15, 0.2) is 18.2 Å². The first kappa shape index (κ1) is 17.7. The Morgan fingerprint density at radius 2 is 2.11 bits per heavy atom. The third-order valence-corrected chi connectivity index (χ3v) is 6.74. The Hall–Kier alpha value is -2.41. The highest BCUT2D eigenvalue weighted by molar-refractivity contribution is 6.06. The number of aromatic nitrogens is 2. The van der Waals surface area contributed by atoms with Crippen molar-refractivity contribution < 1.29 is 9.59 Å². The summed E-state index contributed by atoms with van der Waals surface area (Å²) in [5.41, 5.74) is 2.09. The molecular weight excluding hydrogens is 354 g/mol. The van der Waals surface area contributed by atoms with Crippen molar-refractivity contribution in [1.29, 1.82) is 0 Å². The number of hydrogen-bond donors (Lipinski definition) is 2. The van der Waals surface area contributed by atoms with Crippen molar-refractivity contribution in [3.63, 3.8) is 0 Å². The first-order chi connectivity index (χ1) is 13.7. The molecule has 2 N–H and O–H groups in total. The average molecular weight is 381 g/mol. The second-order valence-electron chi connectivity index (χ2n) is 8.39. The SMILES string of the molecule is O=C(NCC[C@@H]1CN2CCC1CC2)c1n[nH]c2cc(N3CCCC3=O)ccc12. The number of anilines is 1. The molecule has 28 heavy (non-hydrogen) atoms. The van der Waals surface area contributed by atoms with Crippen LogP contribution < -0.4 is 10.2 Å². The lowest BCUT2D eigenvalue weighted by atomic mass is 9.77. The van der Waals surface area contributed by atoms with E-state index in [1.54, 1.807) is 4.90 Å². The van der Waals surface area contributed by atoms with E-state index in [2.05, 4.69) is 20.4 Å². The Bertz CT molecular complexity index is 899. The van der Waals surface area contributed by atoms with Gasteiger partial charge in [0.2, 0.25) is 5.91 Å². The highest BCUT2D eigenvalue weighted by Gasteiger charge is 2.33. The summed E-state index contributed by atoms with van der Waals surface area (Å²) >= 11 is 0. The van der Waals surface area contributed by atoms with Crippen LogP contribution in [0.1, 0.15) is 42.6 Å². The molecule has 7 heteroatoms. The van der Waals surface area contributed by atoms with E-state index in [1.165, 1.54) is 32.5 Å². The van der Waals surface area contributed by atoms with Gasteiger partial charge in [-0.25, -0.2) is 0 Å². The summed E-state index contributed by atoms with van der Waals surface area (Å²) in [5, 5.41) is 11.0. The number of carbonyl (C=O) groups excluding carboxylic acids is 2. The zero-order valence-corrected chi connectivity index (χ0v) is 16.1. The van der Waals surface area contributed by atoms with Gasteiger partial charge in [0.1, 0.15) is 0 Å². The molecule has 6 rings (SSSR count). The van der Waals surface area contributed by atoms with Gasteiger partial charge in [0.15, 0.2) is 5.69 Å². The molecule has 7 nitrogen and oxygen atoms in total. The average Bonchev–Trinajstić information content (AvgIpc) is 3.34. The van der Waals surface area contributed by atoms with Crippen LogP contribution in [-0.2, 0) is 4.79 Å². The van der Waals surface area contributed by atoms with Crippen LogP contribution in [0, 0.1) is 11.8 Å². The molecule has 0 saturated carbocycles. The second-order valence-corrected chi connectivity index (χ2v) is 8.39. The van der Waals surface area contributed by atoms with Gasteiger partial charge in [0, 0.05) is 37.1 Å². The van der Waals surface area contributed by atoms with E-state index < -0.39 is 0 Å². The molecule has 4 fully saturated rings. The van der Waals surface area contributed by atoms with Gasteiger partial charge in [-0.1, -0.05) is 0 Å². The number of hydrogen-bond acceptors (Lipinski definition) is 4. The first-order valence-electron chi connectivity index (χ1n) is 10.5. The van der Waals surface area contributed by atoms with Crippen LogP contribution in [0.4, 0.5) is 5.69 Å². The molecule has 4 aliphatic heterocycles.